The van der Waals surface area contributed by atoms with Crippen LogP contribution in [0.3, 0.4) is 0 Å². The molecule has 1 aliphatic rings. The van der Waals surface area contributed by atoms with Crippen LogP contribution in [0.5, 0.6) is 5.75 Å². The lowest BCUT2D eigenvalue weighted by atomic mass is 10.0. The van der Waals surface area contributed by atoms with E-state index in [1.165, 1.54) is 29.8 Å². The molecule has 1 heterocycles. The second kappa shape index (κ2) is 7.92. The number of nitro groups is 1. The Hall–Kier alpha value is -3.00. The van der Waals surface area contributed by atoms with Crippen molar-refractivity contribution in [3.63, 3.8) is 0 Å². The van der Waals surface area contributed by atoms with Crippen LogP contribution in [0.2, 0.25) is 0 Å². The molecule has 1 aliphatic heterocycles. The molecule has 0 spiro atoms. The summed E-state index contributed by atoms with van der Waals surface area (Å²) < 4.78 is 5.35. The molecule has 0 aliphatic carbocycles. The lowest BCUT2D eigenvalue weighted by Crippen LogP contribution is -2.46. The number of anilines is 1. The summed E-state index contributed by atoms with van der Waals surface area (Å²) in [4.78, 5) is 24.1. The van der Waals surface area contributed by atoms with Crippen molar-refractivity contribution >= 4 is 34.6 Å². The Morgan fingerprint density at radius 3 is 2.69 bits per heavy atom. The lowest BCUT2D eigenvalue weighted by Gasteiger charge is -2.31. The zero-order valence-corrected chi connectivity index (χ0v) is 14.7. The van der Waals surface area contributed by atoms with Gasteiger partial charge in [-0.3, -0.25) is 20.2 Å². The second-order valence-corrected chi connectivity index (χ2v) is 6.16. The Morgan fingerprint density at radius 1 is 1.23 bits per heavy atom. The van der Waals surface area contributed by atoms with Gasteiger partial charge < -0.3 is 9.64 Å². The minimum Gasteiger partial charge on any atom is -0.484 e. The Balaban J connectivity index is 1.55. The molecule has 0 saturated carbocycles. The maximum Gasteiger partial charge on any atom is 0.269 e. The zero-order chi connectivity index (χ0) is 18.5. The van der Waals surface area contributed by atoms with Crippen molar-refractivity contribution in [3.8, 4) is 5.75 Å². The van der Waals surface area contributed by atoms with Crippen molar-refractivity contribution < 1.29 is 14.5 Å². The van der Waals surface area contributed by atoms with E-state index in [2.05, 4.69) is 11.4 Å². The number of nitrogens with zero attached hydrogens (tertiary/aromatic N) is 2. The molecule has 0 unspecified atom stereocenters. The minimum absolute atomic E-state index is 0.0354. The van der Waals surface area contributed by atoms with Gasteiger partial charge in [0.2, 0.25) is 0 Å². The van der Waals surface area contributed by atoms with Gasteiger partial charge in [-0.15, -0.1) is 0 Å². The van der Waals surface area contributed by atoms with Gasteiger partial charge in [0.05, 0.1) is 4.92 Å². The van der Waals surface area contributed by atoms with Crippen molar-refractivity contribution in [2.75, 3.05) is 18.1 Å². The summed E-state index contributed by atoms with van der Waals surface area (Å²) in [5, 5.41) is 13.6. The Bertz CT molecular complexity index is 839. The Labute approximate surface area is 155 Å². The minimum atomic E-state index is -0.495. The highest BCUT2D eigenvalue weighted by Crippen LogP contribution is 2.26. The van der Waals surface area contributed by atoms with E-state index in [1.54, 1.807) is 0 Å². The number of thiocarbonyl (C=S) groups is 1. The fraction of sp³-hybridized carbons (Fsp3) is 0.222. The fourth-order valence-corrected chi connectivity index (χ4v) is 3.08. The van der Waals surface area contributed by atoms with Gasteiger partial charge in [0, 0.05) is 24.4 Å². The number of carbonyl (C=O) groups is 1. The van der Waals surface area contributed by atoms with Crippen LogP contribution in [-0.4, -0.2) is 29.1 Å². The van der Waals surface area contributed by atoms with Crippen molar-refractivity contribution in [3.05, 3.63) is 64.2 Å². The first-order valence-corrected chi connectivity index (χ1v) is 8.52. The van der Waals surface area contributed by atoms with E-state index in [0.29, 0.717) is 10.9 Å². The summed E-state index contributed by atoms with van der Waals surface area (Å²) in [6.45, 7) is 0.521. The van der Waals surface area contributed by atoms with Crippen LogP contribution < -0.4 is 15.0 Å². The highest BCUT2D eigenvalue weighted by Gasteiger charge is 2.21. The molecular formula is C18H17N3O4S. The summed E-state index contributed by atoms with van der Waals surface area (Å²) in [6, 6.07) is 13.5. The number of carbonyl (C=O) groups excluding carboxylic acids is 1. The number of hydrogen-bond donors (Lipinski definition) is 1. The number of rotatable bonds is 4. The van der Waals surface area contributed by atoms with E-state index in [1.807, 2.05) is 23.1 Å². The van der Waals surface area contributed by atoms with Gasteiger partial charge in [0.15, 0.2) is 11.7 Å². The molecule has 0 radical (unpaired) electrons. The molecule has 0 saturated heterocycles. The molecule has 8 heteroatoms. The number of amides is 1. The normalized spacial score (nSPS) is 12.8. The van der Waals surface area contributed by atoms with Gasteiger partial charge in [-0.1, -0.05) is 18.2 Å². The van der Waals surface area contributed by atoms with E-state index in [9.17, 15) is 14.9 Å². The van der Waals surface area contributed by atoms with Gasteiger partial charge in [0.25, 0.3) is 11.6 Å². The zero-order valence-electron chi connectivity index (χ0n) is 13.9. The average molecular weight is 371 g/mol. The molecule has 1 amide bonds. The predicted octanol–water partition coefficient (Wildman–Crippen LogP) is 2.83. The third-order valence-corrected chi connectivity index (χ3v) is 4.34. The van der Waals surface area contributed by atoms with E-state index in [0.717, 1.165) is 25.1 Å². The van der Waals surface area contributed by atoms with E-state index < -0.39 is 4.92 Å². The molecular weight excluding hydrogens is 354 g/mol. The van der Waals surface area contributed by atoms with Crippen molar-refractivity contribution in [1.29, 1.82) is 0 Å². The summed E-state index contributed by atoms with van der Waals surface area (Å²) in [6.07, 6.45) is 1.96. The van der Waals surface area contributed by atoms with Crippen LogP contribution in [0, 0.1) is 10.1 Å². The number of hydrogen-bond acceptors (Lipinski definition) is 5. The van der Waals surface area contributed by atoms with Gasteiger partial charge in [-0.05, 0) is 48.8 Å². The first-order valence-electron chi connectivity index (χ1n) is 8.11. The monoisotopic (exact) mass is 371 g/mol. The van der Waals surface area contributed by atoms with Crippen molar-refractivity contribution in [2.24, 2.45) is 0 Å². The van der Waals surface area contributed by atoms with E-state index >= 15 is 0 Å². The van der Waals surface area contributed by atoms with Crippen LogP contribution in [-0.2, 0) is 11.2 Å². The predicted molar refractivity (Wildman–Crippen MR) is 101 cm³/mol. The van der Waals surface area contributed by atoms with Crippen LogP contribution in [0.25, 0.3) is 0 Å². The van der Waals surface area contributed by atoms with Crippen LogP contribution in [0.4, 0.5) is 11.4 Å². The summed E-state index contributed by atoms with van der Waals surface area (Å²) >= 11 is 5.37. The maximum atomic E-state index is 12.1. The van der Waals surface area contributed by atoms with Crippen molar-refractivity contribution in [2.45, 2.75) is 12.8 Å². The number of benzene rings is 2. The molecule has 7 nitrogen and oxygen atoms in total. The number of aryl methyl sites for hydroxylation is 1. The molecule has 2 aromatic rings. The van der Waals surface area contributed by atoms with Gasteiger partial charge in [-0.25, -0.2) is 0 Å². The summed E-state index contributed by atoms with van der Waals surface area (Å²) in [5.41, 5.74) is 2.18. The Morgan fingerprint density at radius 2 is 1.96 bits per heavy atom. The number of nitrogens with one attached hydrogen (secondary N) is 1. The highest BCUT2D eigenvalue weighted by atomic mass is 32.1. The average Bonchev–Trinajstić information content (AvgIpc) is 2.66. The van der Waals surface area contributed by atoms with Crippen LogP contribution in [0.1, 0.15) is 12.0 Å². The number of nitro benzene ring substituents is 1. The molecule has 3 rings (SSSR count). The van der Waals surface area contributed by atoms with Crippen LogP contribution >= 0.6 is 12.2 Å². The summed E-state index contributed by atoms with van der Waals surface area (Å²) in [7, 11) is 0. The molecule has 0 bridgehead atoms. The first kappa shape index (κ1) is 17.8. The van der Waals surface area contributed by atoms with E-state index in [4.69, 9.17) is 17.0 Å². The van der Waals surface area contributed by atoms with Gasteiger partial charge in [0.1, 0.15) is 5.75 Å². The molecule has 2 aromatic carbocycles. The lowest BCUT2D eigenvalue weighted by molar-refractivity contribution is -0.384. The number of ether oxygens (including phenoxy) is 1. The molecule has 0 fully saturated rings. The van der Waals surface area contributed by atoms with Gasteiger partial charge >= 0.3 is 0 Å². The second-order valence-electron chi connectivity index (χ2n) is 5.78. The largest absolute Gasteiger partial charge is 0.484 e. The quantitative estimate of drug-likeness (QED) is 0.505. The molecule has 0 atom stereocenters. The van der Waals surface area contributed by atoms with Crippen LogP contribution in [0.15, 0.2) is 48.5 Å². The number of para-hydroxylation sites is 1. The maximum absolute atomic E-state index is 12.1. The SMILES string of the molecule is O=C(COc1ccc([N+](=O)[O-])cc1)NC(=S)N1CCCc2ccccc21. The number of fused-ring (bicyclic) bond motifs is 1. The third kappa shape index (κ3) is 4.15. The third-order valence-electron chi connectivity index (χ3n) is 4.02. The van der Waals surface area contributed by atoms with Crippen molar-refractivity contribution in [1.82, 2.24) is 5.32 Å². The highest BCUT2D eigenvalue weighted by molar-refractivity contribution is 7.80. The molecule has 0 aromatic heterocycles. The fourth-order valence-electron chi connectivity index (χ4n) is 2.78. The topological polar surface area (TPSA) is 84.7 Å². The molecule has 26 heavy (non-hydrogen) atoms. The standard InChI is InChI=1S/C18H17N3O4S/c22-17(12-25-15-9-7-14(8-10-15)21(23)24)19-18(26)20-11-3-5-13-4-1-2-6-16(13)20/h1-2,4,6-10H,3,5,11-12H2,(H,19,22,26). The summed E-state index contributed by atoms with van der Waals surface area (Å²) in [5.74, 6) is -0.00334. The van der Waals surface area contributed by atoms with Gasteiger partial charge in [-0.2, -0.15) is 0 Å². The molecule has 1 N–H and O–H groups in total. The Kier molecular flexibility index (Phi) is 5.43. The van der Waals surface area contributed by atoms with E-state index in [-0.39, 0.29) is 18.2 Å². The molecule has 134 valence electrons. The number of non-ortho nitro benzene ring substituents is 1. The smallest absolute Gasteiger partial charge is 0.269 e. The first-order chi connectivity index (χ1) is 12.5.